The fourth-order valence-electron chi connectivity index (χ4n) is 2.45. The van der Waals surface area contributed by atoms with Crippen molar-refractivity contribution in [2.24, 2.45) is 4.99 Å². The van der Waals surface area contributed by atoms with E-state index in [1.165, 1.54) is 5.56 Å². The highest BCUT2D eigenvalue weighted by atomic mass is 79.9. The highest BCUT2D eigenvalue weighted by Gasteiger charge is 2.31. The molecule has 1 aromatic rings. The molecule has 4 heteroatoms. The van der Waals surface area contributed by atoms with E-state index in [0.29, 0.717) is 0 Å². The molecule has 0 amide bonds. The second kappa shape index (κ2) is 3.86. The third kappa shape index (κ3) is 1.57. The van der Waals surface area contributed by atoms with E-state index < -0.39 is 0 Å². The third-order valence-electron chi connectivity index (χ3n) is 3.32. The Hall–Kier alpha value is -0.870. The standard InChI is InChI=1S/C12H13BrN2O/c13-9-1-3-11-8(5-9)6-15-10(7-16)2-4-12(15)14-11/h1,3,5,10,16H,2,4,6-7H2/t10-/m0/s1. The van der Waals surface area contributed by atoms with Gasteiger partial charge in [-0.25, -0.2) is 4.99 Å². The number of nitrogens with zero attached hydrogens (tertiary/aromatic N) is 2. The molecule has 1 N–H and O–H groups in total. The first kappa shape index (κ1) is 10.3. The monoisotopic (exact) mass is 280 g/mol. The summed E-state index contributed by atoms with van der Waals surface area (Å²) in [7, 11) is 0. The van der Waals surface area contributed by atoms with Gasteiger partial charge >= 0.3 is 0 Å². The van der Waals surface area contributed by atoms with Crippen molar-refractivity contribution in [2.45, 2.75) is 25.4 Å². The van der Waals surface area contributed by atoms with Crippen molar-refractivity contribution >= 4 is 27.5 Å². The van der Waals surface area contributed by atoms with Gasteiger partial charge in [0.15, 0.2) is 0 Å². The summed E-state index contributed by atoms with van der Waals surface area (Å²) in [5, 5.41) is 9.30. The van der Waals surface area contributed by atoms with Crippen LogP contribution in [-0.4, -0.2) is 28.5 Å². The largest absolute Gasteiger partial charge is 0.394 e. The second-order valence-electron chi connectivity index (χ2n) is 4.30. The normalized spacial score (nSPS) is 22.8. The summed E-state index contributed by atoms with van der Waals surface area (Å²) in [6, 6.07) is 6.45. The summed E-state index contributed by atoms with van der Waals surface area (Å²) < 4.78 is 1.09. The van der Waals surface area contributed by atoms with Crippen LogP contribution in [0.15, 0.2) is 27.7 Å². The van der Waals surface area contributed by atoms with Crippen molar-refractivity contribution in [2.75, 3.05) is 6.61 Å². The van der Waals surface area contributed by atoms with Gasteiger partial charge in [0, 0.05) is 17.4 Å². The van der Waals surface area contributed by atoms with Gasteiger partial charge in [-0.2, -0.15) is 0 Å². The van der Waals surface area contributed by atoms with E-state index >= 15 is 0 Å². The van der Waals surface area contributed by atoms with Crippen molar-refractivity contribution in [3.8, 4) is 0 Å². The van der Waals surface area contributed by atoms with E-state index in [-0.39, 0.29) is 12.6 Å². The Morgan fingerprint density at radius 1 is 1.50 bits per heavy atom. The minimum Gasteiger partial charge on any atom is -0.394 e. The van der Waals surface area contributed by atoms with Crippen LogP contribution in [0.5, 0.6) is 0 Å². The zero-order valence-corrected chi connectivity index (χ0v) is 10.4. The topological polar surface area (TPSA) is 35.8 Å². The van der Waals surface area contributed by atoms with Crippen LogP contribution in [0.2, 0.25) is 0 Å². The number of fused-ring (bicyclic) bond motifs is 2. The maximum Gasteiger partial charge on any atom is 0.105 e. The Kier molecular flexibility index (Phi) is 2.48. The van der Waals surface area contributed by atoms with Crippen LogP contribution in [0.4, 0.5) is 5.69 Å². The van der Waals surface area contributed by atoms with Crippen molar-refractivity contribution < 1.29 is 5.11 Å². The van der Waals surface area contributed by atoms with Gasteiger partial charge < -0.3 is 10.0 Å². The first-order valence-corrected chi connectivity index (χ1v) is 6.31. The van der Waals surface area contributed by atoms with E-state index in [9.17, 15) is 5.11 Å². The molecule has 16 heavy (non-hydrogen) atoms. The van der Waals surface area contributed by atoms with Gasteiger partial charge in [-0.3, -0.25) is 0 Å². The Bertz CT molecular complexity index is 458. The first-order chi connectivity index (χ1) is 7.78. The van der Waals surface area contributed by atoms with E-state index in [1.807, 2.05) is 6.07 Å². The summed E-state index contributed by atoms with van der Waals surface area (Å²) in [5.74, 6) is 1.13. The molecule has 1 fully saturated rings. The zero-order valence-electron chi connectivity index (χ0n) is 8.86. The average molecular weight is 281 g/mol. The fraction of sp³-hybridized carbons (Fsp3) is 0.417. The molecule has 0 radical (unpaired) electrons. The lowest BCUT2D eigenvalue weighted by Gasteiger charge is -2.29. The number of hydrogen-bond donors (Lipinski definition) is 1. The lowest BCUT2D eigenvalue weighted by molar-refractivity contribution is 0.187. The first-order valence-electron chi connectivity index (χ1n) is 5.51. The van der Waals surface area contributed by atoms with E-state index in [0.717, 1.165) is 35.4 Å². The summed E-state index contributed by atoms with van der Waals surface area (Å²) >= 11 is 3.48. The highest BCUT2D eigenvalue weighted by Crippen LogP contribution is 2.34. The molecule has 1 atom stereocenters. The zero-order chi connectivity index (χ0) is 11.1. The fourth-order valence-corrected chi connectivity index (χ4v) is 2.86. The quantitative estimate of drug-likeness (QED) is 0.858. The molecule has 0 bridgehead atoms. The number of benzene rings is 1. The van der Waals surface area contributed by atoms with Crippen molar-refractivity contribution in [3.63, 3.8) is 0 Å². The number of aliphatic imine (C=N–C) groups is 1. The molecule has 2 heterocycles. The van der Waals surface area contributed by atoms with Crippen molar-refractivity contribution in [1.29, 1.82) is 0 Å². The van der Waals surface area contributed by atoms with Crippen LogP contribution in [0.1, 0.15) is 18.4 Å². The molecule has 0 aliphatic carbocycles. The minimum absolute atomic E-state index is 0.225. The Labute approximate surface area is 103 Å². The molecular formula is C12H13BrN2O. The smallest absolute Gasteiger partial charge is 0.105 e. The number of aliphatic hydroxyl groups is 1. The lowest BCUT2D eigenvalue weighted by Crippen LogP contribution is -2.36. The van der Waals surface area contributed by atoms with Crippen LogP contribution in [-0.2, 0) is 6.54 Å². The number of aliphatic hydroxyl groups excluding tert-OH is 1. The predicted molar refractivity (Wildman–Crippen MR) is 66.9 cm³/mol. The summed E-state index contributed by atoms with van der Waals surface area (Å²) in [4.78, 5) is 6.89. The predicted octanol–water partition coefficient (Wildman–Crippen LogP) is 2.45. The number of halogens is 1. The molecule has 0 spiro atoms. The highest BCUT2D eigenvalue weighted by molar-refractivity contribution is 9.10. The average Bonchev–Trinajstić information content (AvgIpc) is 2.68. The SMILES string of the molecule is OC[C@@H]1CCC2=Nc3ccc(Br)cc3CN21. The Balaban J connectivity index is 2.00. The molecule has 2 aliphatic heterocycles. The van der Waals surface area contributed by atoms with Crippen LogP contribution >= 0.6 is 15.9 Å². The van der Waals surface area contributed by atoms with Gasteiger partial charge in [-0.05, 0) is 30.2 Å². The Morgan fingerprint density at radius 2 is 2.38 bits per heavy atom. The van der Waals surface area contributed by atoms with Crippen LogP contribution in [0.3, 0.4) is 0 Å². The molecule has 3 nitrogen and oxygen atoms in total. The summed E-state index contributed by atoms with van der Waals surface area (Å²) in [6.07, 6.45) is 2.01. The van der Waals surface area contributed by atoms with E-state index in [4.69, 9.17) is 0 Å². The third-order valence-corrected chi connectivity index (χ3v) is 3.81. The van der Waals surface area contributed by atoms with Gasteiger partial charge in [0.2, 0.25) is 0 Å². The van der Waals surface area contributed by atoms with Gasteiger partial charge in [0.05, 0.1) is 18.3 Å². The number of amidine groups is 1. The number of hydrogen-bond acceptors (Lipinski definition) is 3. The summed E-state index contributed by atoms with van der Waals surface area (Å²) in [6.45, 7) is 1.10. The molecule has 1 saturated heterocycles. The van der Waals surface area contributed by atoms with Gasteiger partial charge in [0.25, 0.3) is 0 Å². The van der Waals surface area contributed by atoms with Crippen LogP contribution in [0, 0.1) is 0 Å². The molecule has 1 aromatic carbocycles. The maximum atomic E-state index is 9.30. The van der Waals surface area contributed by atoms with E-state index in [2.05, 4.69) is 38.0 Å². The van der Waals surface area contributed by atoms with Crippen molar-refractivity contribution in [1.82, 2.24) is 4.90 Å². The maximum absolute atomic E-state index is 9.30. The van der Waals surface area contributed by atoms with Gasteiger partial charge in [-0.15, -0.1) is 0 Å². The molecular weight excluding hydrogens is 268 g/mol. The molecule has 2 aliphatic rings. The molecule has 3 rings (SSSR count). The molecule has 0 saturated carbocycles. The minimum atomic E-state index is 0.225. The number of rotatable bonds is 1. The lowest BCUT2D eigenvalue weighted by atomic mass is 10.1. The van der Waals surface area contributed by atoms with Gasteiger partial charge in [0.1, 0.15) is 5.84 Å². The van der Waals surface area contributed by atoms with Gasteiger partial charge in [-0.1, -0.05) is 15.9 Å². The van der Waals surface area contributed by atoms with Crippen LogP contribution in [0.25, 0.3) is 0 Å². The molecule has 84 valence electrons. The van der Waals surface area contributed by atoms with Crippen molar-refractivity contribution in [3.05, 3.63) is 28.2 Å². The van der Waals surface area contributed by atoms with E-state index in [1.54, 1.807) is 0 Å². The Morgan fingerprint density at radius 3 is 3.19 bits per heavy atom. The summed E-state index contributed by atoms with van der Waals surface area (Å²) in [5.41, 5.74) is 2.31. The second-order valence-corrected chi connectivity index (χ2v) is 5.22. The molecule has 0 aromatic heterocycles. The molecule has 0 unspecified atom stereocenters. The van der Waals surface area contributed by atoms with Crippen LogP contribution < -0.4 is 0 Å².